The van der Waals surface area contributed by atoms with Crippen molar-refractivity contribution in [2.75, 3.05) is 11.9 Å². The number of nitrogens with one attached hydrogen (secondary N) is 2. The first-order chi connectivity index (χ1) is 11.8. The van der Waals surface area contributed by atoms with Crippen molar-refractivity contribution in [2.45, 2.75) is 6.04 Å². The van der Waals surface area contributed by atoms with Crippen LogP contribution in [0.2, 0.25) is 0 Å². The predicted octanol–water partition coefficient (Wildman–Crippen LogP) is 2.73. The topological polar surface area (TPSA) is 79.2 Å². The number of hydrogen-bond donors (Lipinski definition) is 3. The van der Waals surface area contributed by atoms with Crippen molar-refractivity contribution in [3.05, 3.63) is 78.6 Å². The van der Waals surface area contributed by atoms with E-state index in [9.17, 15) is 9.90 Å². The Bertz CT molecular complexity index is 771. The summed E-state index contributed by atoms with van der Waals surface area (Å²) in [5.41, 5.74) is 2.42. The van der Waals surface area contributed by atoms with E-state index in [0.717, 1.165) is 11.3 Å². The molecule has 0 radical (unpaired) electrons. The smallest absolute Gasteiger partial charge is 0.319 e. The minimum atomic E-state index is -0.449. The number of amides is 2. The van der Waals surface area contributed by atoms with E-state index in [-0.39, 0.29) is 12.6 Å². The Hall–Kier alpha value is -3.12. The molecule has 0 saturated heterocycles. The average Bonchev–Trinajstić information content (AvgIpc) is 3.16. The molecule has 0 spiro atoms. The number of aromatic nitrogens is 2. The Kier molecular flexibility index (Phi) is 4.88. The molecular formula is C18H18N4O2. The number of urea groups is 1. The maximum absolute atomic E-state index is 12.1. The van der Waals surface area contributed by atoms with Crippen LogP contribution in [0.4, 0.5) is 10.5 Å². The van der Waals surface area contributed by atoms with E-state index >= 15 is 0 Å². The number of aliphatic hydroxyl groups is 1. The van der Waals surface area contributed by atoms with Crippen LogP contribution in [-0.4, -0.2) is 27.5 Å². The number of carbonyl (C=O) groups is 1. The summed E-state index contributed by atoms with van der Waals surface area (Å²) in [7, 11) is 0. The number of rotatable bonds is 5. The third-order valence-corrected chi connectivity index (χ3v) is 3.58. The number of carbonyl (C=O) groups excluding carboxylic acids is 1. The third kappa shape index (κ3) is 3.80. The van der Waals surface area contributed by atoms with E-state index in [4.69, 9.17) is 0 Å². The zero-order valence-electron chi connectivity index (χ0n) is 13.0. The van der Waals surface area contributed by atoms with E-state index in [1.54, 1.807) is 23.0 Å². The van der Waals surface area contributed by atoms with Gasteiger partial charge >= 0.3 is 6.03 Å². The molecular weight excluding hydrogens is 304 g/mol. The largest absolute Gasteiger partial charge is 0.394 e. The van der Waals surface area contributed by atoms with Crippen LogP contribution in [-0.2, 0) is 0 Å². The van der Waals surface area contributed by atoms with Crippen LogP contribution in [0, 0.1) is 0 Å². The fraction of sp³-hybridized carbons (Fsp3) is 0.111. The summed E-state index contributed by atoms with van der Waals surface area (Å²) >= 11 is 0. The van der Waals surface area contributed by atoms with Gasteiger partial charge < -0.3 is 15.7 Å². The van der Waals surface area contributed by atoms with Crippen LogP contribution in [0.3, 0.4) is 0 Å². The van der Waals surface area contributed by atoms with Crippen LogP contribution in [0.1, 0.15) is 11.6 Å². The summed E-state index contributed by atoms with van der Waals surface area (Å²) in [6.07, 6.45) is 3.55. The number of anilines is 1. The standard InChI is InChI=1S/C18H18N4O2/c23-13-17(14-5-2-1-3-6-14)21-18(24)20-15-7-9-16(10-8-15)22-12-4-11-19-22/h1-12,17,23H,13H2,(H2,20,21,24). The molecule has 122 valence electrons. The van der Waals surface area contributed by atoms with Crippen molar-refractivity contribution in [1.82, 2.24) is 15.1 Å². The minimum Gasteiger partial charge on any atom is -0.394 e. The number of nitrogens with zero attached hydrogens (tertiary/aromatic N) is 2. The van der Waals surface area contributed by atoms with Crippen molar-refractivity contribution < 1.29 is 9.90 Å². The molecule has 0 aliphatic heterocycles. The second-order valence-corrected chi connectivity index (χ2v) is 5.24. The van der Waals surface area contributed by atoms with Gasteiger partial charge in [-0.25, -0.2) is 9.48 Å². The lowest BCUT2D eigenvalue weighted by molar-refractivity contribution is 0.225. The fourth-order valence-corrected chi connectivity index (χ4v) is 2.36. The molecule has 1 atom stereocenters. The highest BCUT2D eigenvalue weighted by molar-refractivity contribution is 5.89. The summed E-state index contributed by atoms with van der Waals surface area (Å²) < 4.78 is 1.74. The molecule has 0 bridgehead atoms. The predicted molar refractivity (Wildman–Crippen MR) is 92.0 cm³/mol. The second kappa shape index (κ2) is 7.43. The van der Waals surface area contributed by atoms with Gasteiger partial charge in [0.25, 0.3) is 0 Å². The Labute approximate surface area is 139 Å². The molecule has 0 fully saturated rings. The van der Waals surface area contributed by atoms with Crippen molar-refractivity contribution >= 4 is 11.7 Å². The van der Waals surface area contributed by atoms with Gasteiger partial charge in [-0.1, -0.05) is 30.3 Å². The fourth-order valence-electron chi connectivity index (χ4n) is 2.36. The molecule has 0 saturated carbocycles. The van der Waals surface area contributed by atoms with E-state index in [1.807, 2.05) is 54.7 Å². The molecule has 6 nitrogen and oxygen atoms in total. The highest BCUT2D eigenvalue weighted by Gasteiger charge is 2.13. The van der Waals surface area contributed by atoms with E-state index < -0.39 is 6.04 Å². The summed E-state index contributed by atoms with van der Waals surface area (Å²) in [5.74, 6) is 0. The third-order valence-electron chi connectivity index (χ3n) is 3.58. The van der Waals surface area contributed by atoms with Gasteiger partial charge in [-0.05, 0) is 35.9 Å². The molecule has 1 unspecified atom stereocenters. The van der Waals surface area contributed by atoms with Crippen LogP contribution in [0.25, 0.3) is 5.69 Å². The van der Waals surface area contributed by atoms with Gasteiger partial charge in [0.15, 0.2) is 0 Å². The molecule has 0 aliphatic carbocycles. The summed E-state index contributed by atoms with van der Waals surface area (Å²) in [6.45, 7) is -0.171. The van der Waals surface area contributed by atoms with Crippen molar-refractivity contribution in [2.24, 2.45) is 0 Å². The van der Waals surface area contributed by atoms with Crippen LogP contribution in [0.5, 0.6) is 0 Å². The Morgan fingerprint density at radius 3 is 2.46 bits per heavy atom. The van der Waals surface area contributed by atoms with Gasteiger partial charge in [0, 0.05) is 18.1 Å². The highest BCUT2D eigenvalue weighted by atomic mass is 16.3. The molecule has 6 heteroatoms. The quantitative estimate of drug-likeness (QED) is 0.676. The highest BCUT2D eigenvalue weighted by Crippen LogP contribution is 2.14. The maximum atomic E-state index is 12.1. The van der Waals surface area contributed by atoms with Crippen molar-refractivity contribution in [3.8, 4) is 5.69 Å². The van der Waals surface area contributed by atoms with E-state index in [2.05, 4.69) is 15.7 Å². The maximum Gasteiger partial charge on any atom is 0.319 e. The van der Waals surface area contributed by atoms with Crippen molar-refractivity contribution in [1.29, 1.82) is 0 Å². The van der Waals surface area contributed by atoms with Crippen molar-refractivity contribution in [3.63, 3.8) is 0 Å². The first kappa shape index (κ1) is 15.8. The Morgan fingerprint density at radius 2 is 1.83 bits per heavy atom. The molecule has 3 N–H and O–H groups in total. The molecule has 1 heterocycles. The lowest BCUT2D eigenvalue weighted by atomic mass is 10.1. The first-order valence-electron chi connectivity index (χ1n) is 7.59. The first-order valence-corrected chi connectivity index (χ1v) is 7.59. The average molecular weight is 322 g/mol. The molecule has 1 aromatic heterocycles. The van der Waals surface area contributed by atoms with Crippen LogP contribution in [0.15, 0.2) is 73.1 Å². The van der Waals surface area contributed by atoms with Gasteiger partial charge in [-0.2, -0.15) is 5.10 Å². The zero-order valence-corrected chi connectivity index (χ0v) is 13.0. The van der Waals surface area contributed by atoms with Gasteiger partial charge in [0.2, 0.25) is 0 Å². The lowest BCUT2D eigenvalue weighted by Crippen LogP contribution is -2.34. The number of hydrogen-bond acceptors (Lipinski definition) is 3. The molecule has 24 heavy (non-hydrogen) atoms. The zero-order chi connectivity index (χ0) is 16.8. The van der Waals surface area contributed by atoms with Crippen LogP contribution < -0.4 is 10.6 Å². The van der Waals surface area contributed by atoms with Gasteiger partial charge in [0.1, 0.15) is 0 Å². The summed E-state index contributed by atoms with van der Waals surface area (Å²) in [5, 5.41) is 19.1. The normalized spacial score (nSPS) is 11.7. The molecule has 2 amide bonds. The summed E-state index contributed by atoms with van der Waals surface area (Å²) in [4.78, 5) is 12.1. The van der Waals surface area contributed by atoms with Gasteiger partial charge in [0.05, 0.1) is 18.3 Å². The van der Waals surface area contributed by atoms with E-state index in [0.29, 0.717) is 5.69 Å². The lowest BCUT2D eigenvalue weighted by Gasteiger charge is -2.17. The Morgan fingerprint density at radius 1 is 1.08 bits per heavy atom. The SMILES string of the molecule is O=C(Nc1ccc(-n2cccn2)cc1)NC(CO)c1ccccc1. The van der Waals surface area contributed by atoms with Crippen LogP contribution >= 0.6 is 0 Å². The summed E-state index contributed by atoms with van der Waals surface area (Å²) in [6, 6.07) is 17.7. The molecule has 3 rings (SSSR count). The van der Waals surface area contributed by atoms with Gasteiger partial charge in [-0.3, -0.25) is 0 Å². The van der Waals surface area contributed by atoms with E-state index in [1.165, 1.54) is 0 Å². The molecule has 3 aromatic rings. The van der Waals surface area contributed by atoms with Gasteiger partial charge in [-0.15, -0.1) is 0 Å². The Balaban J connectivity index is 1.62. The molecule has 2 aromatic carbocycles. The minimum absolute atomic E-state index is 0.171. The monoisotopic (exact) mass is 322 g/mol. The second-order valence-electron chi connectivity index (χ2n) is 5.24. The number of benzene rings is 2. The molecule has 0 aliphatic rings. The number of aliphatic hydroxyl groups excluding tert-OH is 1.